The molecule has 1 heterocycles. The van der Waals surface area contributed by atoms with Crippen LogP contribution in [-0.2, 0) is 21.3 Å². The van der Waals surface area contributed by atoms with Gasteiger partial charge in [-0.05, 0) is 30.2 Å². The fourth-order valence-electron chi connectivity index (χ4n) is 2.63. The van der Waals surface area contributed by atoms with Crippen LogP contribution in [0.4, 0.5) is 5.69 Å². The lowest BCUT2D eigenvalue weighted by Gasteiger charge is -2.08. The number of carbonyl (C=O) groups is 1. The molecule has 4 N–H and O–H groups in total. The summed E-state index contributed by atoms with van der Waals surface area (Å²) in [5.41, 5.74) is 7.32. The van der Waals surface area contributed by atoms with Crippen LogP contribution in [0.2, 0.25) is 0 Å². The number of nitrogens with zero attached hydrogens (tertiary/aromatic N) is 2. The Labute approximate surface area is 167 Å². The van der Waals surface area contributed by atoms with Crippen molar-refractivity contribution >= 4 is 21.7 Å². The topological polar surface area (TPSA) is 148 Å². The molecule has 0 saturated carbocycles. The van der Waals surface area contributed by atoms with Gasteiger partial charge in [-0.15, -0.1) is 10.2 Å². The quantitative estimate of drug-likeness (QED) is 0.474. The molecule has 152 valence electrons. The highest BCUT2D eigenvalue weighted by molar-refractivity contribution is 7.85. The highest BCUT2D eigenvalue weighted by Crippen LogP contribution is 2.18. The number of nitrogens with two attached hydrogens (primary N) is 1. The highest BCUT2D eigenvalue weighted by Gasteiger charge is 2.17. The normalized spacial score (nSPS) is 12.5. The molecule has 29 heavy (non-hydrogen) atoms. The Hall–Kier alpha value is -3.08. The molecule has 10 heteroatoms. The summed E-state index contributed by atoms with van der Waals surface area (Å²) in [5.74, 6) is 0.321. The van der Waals surface area contributed by atoms with Crippen molar-refractivity contribution in [1.82, 2.24) is 10.2 Å². The molecule has 0 spiro atoms. The van der Waals surface area contributed by atoms with Crippen LogP contribution >= 0.6 is 0 Å². The van der Waals surface area contributed by atoms with E-state index in [0.717, 1.165) is 5.56 Å². The van der Waals surface area contributed by atoms with Crippen LogP contribution < -0.4 is 11.1 Å². The van der Waals surface area contributed by atoms with Crippen molar-refractivity contribution in [3.05, 3.63) is 71.9 Å². The van der Waals surface area contributed by atoms with E-state index in [-0.39, 0.29) is 35.2 Å². The molecule has 1 unspecified atom stereocenters. The first-order valence-corrected chi connectivity index (χ1v) is 10.2. The number of hydrogen-bond donors (Lipinski definition) is 3. The van der Waals surface area contributed by atoms with Gasteiger partial charge in [0, 0.05) is 12.1 Å². The van der Waals surface area contributed by atoms with Crippen molar-refractivity contribution in [3.8, 4) is 0 Å². The summed E-state index contributed by atoms with van der Waals surface area (Å²) in [6, 6.07) is 14.4. The van der Waals surface area contributed by atoms with Crippen molar-refractivity contribution < 1.29 is 22.2 Å². The van der Waals surface area contributed by atoms with Crippen molar-refractivity contribution in [2.45, 2.75) is 30.2 Å². The molecule has 1 amide bonds. The second-order valence-corrected chi connectivity index (χ2v) is 7.81. The van der Waals surface area contributed by atoms with Crippen molar-refractivity contribution in [3.63, 3.8) is 0 Å². The number of carbonyl (C=O) groups excluding carboxylic acids is 1. The van der Waals surface area contributed by atoms with Gasteiger partial charge in [0.25, 0.3) is 10.1 Å². The van der Waals surface area contributed by atoms with Crippen LogP contribution in [0.15, 0.2) is 63.9 Å². The lowest BCUT2D eigenvalue weighted by Crippen LogP contribution is -2.17. The molecule has 2 aromatic carbocycles. The minimum atomic E-state index is -4.34. The molecule has 0 radical (unpaired) electrons. The minimum Gasteiger partial charge on any atom is -0.423 e. The first-order chi connectivity index (χ1) is 13.8. The predicted molar refractivity (Wildman–Crippen MR) is 105 cm³/mol. The number of amides is 1. The zero-order chi connectivity index (χ0) is 20.9. The maximum absolute atomic E-state index is 12.1. The van der Waals surface area contributed by atoms with Crippen molar-refractivity contribution in [2.24, 2.45) is 5.73 Å². The summed E-state index contributed by atoms with van der Waals surface area (Å²) in [6.07, 6.45) is 0.815. The highest BCUT2D eigenvalue weighted by atomic mass is 32.2. The molecular formula is C19H20N4O5S. The first kappa shape index (κ1) is 20.6. The summed E-state index contributed by atoms with van der Waals surface area (Å²) in [4.78, 5) is 11.8. The van der Waals surface area contributed by atoms with E-state index in [2.05, 4.69) is 15.5 Å². The molecule has 3 aromatic rings. The second-order valence-electron chi connectivity index (χ2n) is 6.39. The van der Waals surface area contributed by atoms with Gasteiger partial charge in [0.2, 0.25) is 17.7 Å². The SMILES string of the molecule is NC(CCC(=O)Nc1cccc(S(=O)(=O)O)c1)c1nnc(Cc2ccccc2)o1. The van der Waals surface area contributed by atoms with E-state index in [1.807, 2.05) is 30.3 Å². The van der Waals surface area contributed by atoms with Gasteiger partial charge in [0.1, 0.15) is 0 Å². The third-order valence-corrected chi connectivity index (χ3v) is 4.95. The van der Waals surface area contributed by atoms with Crippen molar-refractivity contribution in [2.75, 3.05) is 5.32 Å². The fourth-order valence-corrected chi connectivity index (χ4v) is 3.15. The van der Waals surface area contributed by atoms with Gasteiger partial charge >= 0.3 is 0 Å². The fraction of sp³-hybridized carbons (Fsp3) is 0.211. The Kier molecular flexibility index (Phi) is 6.37. The predicted octanol–water partition coefficient (Wildman–Crippen LogP) is 2.33. The summed E-state index contributed by atoms with van der Waals surface area (Å²) in [7, 11) is -4.34. The van der Waals surface area contributed by atoms with Crippen LogP contribution in [0, 0.1) is 0 Å². The number of rotatable bonds is 8. The number of anilines is 1. The number of aromatic nitrogens is 2. The summed E-state index contributed by atoms with van der Waals surface area (Å²) in [5, 5.41) is 10.5. The lowest BCUT2D eigenvalue weighted by atomic mass is 10.1. The van der Waals surface area contributed by atoms with E-state index in [1.54, 1.807) is 0 Å². The Balaban J connectivity index is 1.53. The van der Waals surface area contributed by atoms with Crippen LogP contribution in [0.1, 0.15) is 36.2 Å². The molecule has 3 rings (SSSR count). The monoisotopic (exact) mass is 416 g/mol. The van der Waals surface area contributed by atoms with Crippen LogP contribution in [0.25, 0.3) is 0 Å². The van der Waals surface area contributed by atoms with E-state index in [0.29, 0.717) is 12.3 Å². The Morgan fingerprint density at radius 3 is 2.62 bits per heavy atom. The second kappa shape index (κ2) is 8.95. The van der Waals surface area contributed by atoms with E-state index in [1.165, 1.54) is 24.3 Å². The molecule has 0 aliphatic carbocycles. The smallest absolute Gasteiger partial charge is 0.294 e. The summed E-state index contributed by atoms with van der Waals surface area (Å²) >= 11 is 0. The average molecular weight is 416 g/mol. The molecule has 0 aliphatic rings. The standard InChI is InChI=1S/C19H20N4O5S/c20-16(19-23-22-18(28-19)11-13-5-2-1-3-6-13)9-10-17(24)21-14-7-4-8-15(12-14)29(25,26)27/h1-8,12,16H,9-11,20H2,(H,21,24)(H,25,26,27). The maximum Gasteiger partial charge on any atom is 0.294 e. The largest absolute Gasteiger partial charge is 0.423 e. The molecule has 0 fully saturated rings. The zero-order valence-electron chi connectivity index (χ0n) is 15.4. The maximum atomic E-state index is 12.1. The van der Waals surface area contributed by atoms with Gasteiger partial charge in [-0.25, -0.2) is 0 Å². The number of nitrogens with one attached hydrogen (secondary N) is 1. The minimum absolute atomic E-state index is 0.0632. The third kappa shape index (κ3) is 5.95. The Bertz CT molecular complexity index is 1080. The van der Waals surface area contributed by atoms with E-state index in [4.69, 9.17) is 14.7 Å². The molecule has 1 atom stereocenters. The van der Waals surface area contributed by atoms with Crippen LogP contribution in [0.3, 0.4) is 0 Å². The molecule has 1 aromatic heterocycles. The summed E-state index contributed by atoms with van der Waals surface area (Å²) < 4.78 is 37.0. The lowest BCUT2D eigenvalue weighted by molar-refractivity contribution is -0.116. The molecule has 0 bridgehead atoms. The van der Waals surface area contributed by atoms with Gasteiger partial charge in [0.15, 0.2) is 0 Å². The average Bonchev–Trinajstić information content (AvgIpc) is 3.15. The Morgan fingerprint density at radius 1 is 1.14 bits per heavy atom. The third-order valence-electron chi connectivity index (χ3n) is 4.10. The van der Waals surface area contributed by atoms with Gasteiger partial charge in [-0.2, -0.15) is 8.42 Å². The molecule has 9 nitrogen and oxygen atoms in total. The van der Waals surface area contributed by atoms with E-state index in [9.17, 15) is 13.2 Å². The van der Waals surface area contributed by atoms with Gasteiger partial charge in [-0.1, -0.05) is 36.4 Å². The number of hydrogen-bond acceptors (Lipinski definition) is 7. The van der Waals surface area contributed by atoms with Gasteiger partial charge < -0.3 is 15.5 Å². The summed E-state index contributed by atoms with van der Waals surface area (Å²) in [6.45, 7) is 0. The molecular weight excluding hydrogens is 396 g/mol. The van der Waals surface area contributed by atoms with Crippen LogP contribution in [-0.4, -0.2) is 29.1 Å². The van der Waals surface area contributed by atoms with Gasteiger partial charge in [-0.3, -0.25) is 9.35 Å². The zero-order valence-corrected chi connectivity index (χ0v) is 16.2. The Morgan fingerprint density at radius 2 is 1.90 bits per heavy atom. The van der Waals surface area contributed by atoms with E-state index >= 15 is 0 Å². The van der Waals surface area contributed by atoms with Crippen molar-refractivity contribution in [1.29, 1.82) is 0 Å². The van der Waals surface area contributed by atoms with Crippen LogP contribution in [0.5, 0.6) is 0 Å². The van der Waals surface area contributed by atoms with E-state index < -0.39 is 16.2 Å². The first-order valence-electron chi connectivity index (χ1n) is 8.80. The molecule has 0 saturated heterocycles. The molecule has 0 aliphatic heterocycles. The number of benzene rings is 2. The van der Waals surface area contributed by atoms with Gasteiger partial charge in [0.05, 0.1) is 17.4 Å².